The molecule has 1 aromatic carbocycles. The van der Waals surface area contributed by atoms with Gasteiger partial charge in [-0.25, -0.2) is 9.37 Å². The lowest BCUT2D eigenvalue weighted by Crippen LogP contribution is -2.21. The van der Waals surface area contributed by atoms with E-state index in [-0.39, 0.29) is 18.3 Å². The number of benzene rings is 1. The molecule has 0 saturated carbocycles. The Labute approximate surface area is 110 Å². The molecule has 4 nitrogen and oxygen atoms in total. The third-order valence-electron chi connectivity index (χ3n) is 2.35. The molecule has 0 aliphatic heterocycles. The summed E-state index contributed by atoms with van der Waals surface area (Å²) in [4.78, 5) is 15.7. The van der Waals surface area contributed by atoms with Gasteiger partial charge in [0.2, 0.25) is 0 Å². The van der Waals surface area contributed by atoms with Gasteiger partial charge in [-0.2, -0.15) is 0 Å². The number of aryl methyl sites for hydroxylation is 1. The summed E-state index contributed by atoms with van der Waals surface area (Å²) < 4.78 is 18.3. The number of hydrogen-bond acceptors (Lipinski definition) is 3. The Bertz CT molecular complexity index is 587. The van der Waals surface area contributed by atoms with Crippen molar-refractivity contribution in [2.24, 2.45) is 0 Å². The number of nitrogens with zero attached hydrogens (tertiary/aromatic N) is 1. The highest BCUT2D eigenvalue weighted by Gasteiger charge is 2.07. The molecule has 19 heavy (non-hydrogen) atoms. The number of aromatic nitrogens is 1. The van der Waals surface area contributed by atoms with E-state index in [1.54, 1.807) is 24.3 Å². The SMILES string of the molecule is Cc1cccc(NC(=O)COc2ccccc2F)n1. The van der Waals surface area contributed by atoms with Crippen molar-refractivity contribution in [3.05, 3.63) is 54.0 Å². The van der Waals surface area contributed by atoms with Crippen LogP contribution < -0.4 is 10.1 Å². The predicted octanol–water partition coefficient (Wildman–Crippen LogP) is 2.55. The number of amides is 1. The maximum Gasteiger partial charge on any atom is 0.263 e. The van der Waals surface area contributed by atoms with Crippen molar-refractivity contribution in [2.75, 3.05) is 11.9 Å². The number of para-hydroxylation sites is 1. The Morgan fingerprint density at radius 3 is 2.79 bits per heavy atom. The quantitative estimate of drug-likeness (QED) is 0.919. The van der Waals surface area contributed by atoms with Gasteiger partial charge in [-0.1, -0.05) is 18.2 Å². The summed E-state index contributed by atoms with van der Waals surface area (Å²) in [6, 6.07) is 11.2. The van der Waals surface area contributed by atoms with Crippen molar-refractivity contribution < 1.29 is 13.9 Å². The Balaban J connectivity index is 1.90. The largest absolute Gasteiger partial charge is 0.481 e. The van der Waals surface area contributed by atoms with E-state index in [1.165, 1.54) is 12.1 Å². The first kappa shape index (κ1) is 13.0. The molecule has 0 aliphatic rings. The maximum absolute atomic E-state index is 13.3. The summed E-state index contributed by atoms with van der Waals surface area (Å²) in [5.41, 5.74) is 0.799. The summed E-state index contributed by atoms with van der Waals surface area (Å²) in [7, 11) is 0. The minimum absolute atomic E-state index is 0.0508. The molecule has 0 fully saturated rings. The smallest absolute Gasteiger partial charge is 0.263 e. The van der Waals surface area contributed by atoms with E-state index < -0.39 is 5.82 Å². The van der Waals surface area contributed by atoms with E-state index in [0.29, 0.717) is 5.82 Å². The lowest BCUT2D eigenvalue weighted by atomic mass is 10.3. The summed E-state index contributed by atoms with van der Waals surface area (Å²) in [6.45, 7) is 1.56. The zero-order chi connectivity index (χ0) is 13.7. The Hall–Kier alpha value is -2.43. The molecule has 0 radical (unpaired) electrons. The number of nitrogens with one attached hydrogen (secondary N) is 1. The van der Waals surface area contributed by atoms with Crippen molar-refractivity contribution in [3.8, 4) is 5.75 Å². The Morgan fingerprint density at radius 2 is 2.05 bits per heavy atom. The van der Waals surface area contributed by atoms with Crippen molar-refractivity contribution in [1.29, 1.82) is 0 Å². The van der Waals surface area contributed by atoms with Gasteiger partial charge in [0.25, 0.3) is 5.91 Å². The Morgan fingerprint density at radius 1 is 1.26 bits per heavy atom. The van der Waals surface area contributed by atoms with Gasteiger partial charge in [0.1, 0.15) is 5.82 Å². The van der Waals surface area contributed by atoms with Gasteiger partial charge in [-0.3, -0.25) is 4.79 Å². The second kappa shape index (κ2) is 5.95. The number of carbonyl (C=O) groups is 1. The number of anilines is 1. The topological polar surface area (TPSA) is 51.2 Å². The first-order chi connectivity index (χ1) is 9.15. The van der Waals surface area contributed by atoms with E-state index >= 15 is 0 Å². The number of hydrogen-bond donors (Lipinski definition) is 1. The molecule has 5 heteroatoms. The van der Waals surface area contributed by atoms with Crippen LogP contribution in [-0.2, 0) is 4.79 Å². The van der Waals surface area contributed by atoms with Crippen LogP contribution in [0.15, 0.2) is 42.5 Å². The van der Waals surface area contributed by atoms with E-state index in [4.69, 9.17) is 4.74 Å². The number of halogens is 1. The van der Waals surface area contributed by atoms with E-state index in [9.17, 15) is 9.18 Å². The fourth-order valence-electron chi connectivity index (χ4n) is 1.50. The predicted molar refractivity (Wildman–Crippen MR) is 69.5 cm³/mol. The summed E-state index contributed by atoms with van der Waals surface area (Å²) in [5.74, 6) is -0.387. The lowest BCUT2D eigenvalue weighted by Gasteiger charge is -2.07. The highest BCUT2D eigenvalue weighted by atomic mass is 19.1. The first-order valence-electron chi connectivity index (χ1n) is 5.76. The number of carbonyl (C=O) groups excluding carboxylic acids is 1. The number of ether oxygens (including phenoxy) is 1. The third-order valence-corrected chi connectivity index (χ3v) is 2.35. The fraction of sp³-hybridized carbons (Fsp3) is 0.143. The van der Waals surface area contributed by atoms with Crippen LogP contribution in [0.5, 0.6) is 5.75 Å². The second-order valence-electron chi connectivity index (χ2n) is 3.93. The van der Waals surface area contributed by atoms with Gasteiger partial charge in [0.15, 0.2) is 18.2 Å². The molecule has 0 saturated heterocycles. The molecule has 0 unspecified atom stereocenters. The molecule has 1 amide bonds. The molecule has 1 N–H and O–H groups in total. The zero-order valence-corrected chi connectivity index (χ0v) is 10.4. The minimum Gasteiger partial charge on any atom is -0.481 e. The fourth-order valence-corrected chi connectivity index (χ4v) is 1.50. The molecule has 1 heterocycles. The van der Waals surface area contributed by atoms with Gasteiger partial charge >= 0.3 is 0 Å². The summed E-state index contributed by atoms with van der Waals surface area (Å²) in [5, 5.41) is 2.57. The van der Waals surface area contributed by atoms with Crippen LogP contribution in [0.1, 0.15) is 5.69 Å². The monoisotopic (exact) mass is 260 g/mol. The lowest BCUT2D eigenvalue weighted by molar-refractivity contribution is -0.118. The molecule has 0 aliphatic carbocycles. The second-order valence-corrected chi connectivity index (χ2v) is 3.93. The number of rotatable bonds is 4. The van der Waals surface area contributed by atoms with Crippen LogP contribution in [0.3, 0.4) is 0 Å². The summed E-state index contributed by atoms with van der Waals surface area (Å²) >= 11 is 0. The van der Waals surface area contributed by atoms with Crippen LogP contribution in [0.25, 0.3) is 0 Å². The highest BCUT2D eigenvalue weighted by Crippen LogP contribution is 2.15. The van der Waals surface area contributed by atoms with Crippen molar-refractivity contribution in [2.45, 2.75) is 6.92 Å². The van der Waals surface area contributed by atoms with E-state index in [1.807, 2.05) is 13.0 Å². The van der Waals surface area contributed by atoms with Crippen molar-refractivity contribution in [1.82, 2.24) is 4.98 Å². The van der Waals surface area contributed by atoms with Gasteiger partial charge in [0, 0.05) is 5.69 Å². The van der Waals surface area contributed by atoms with E-state index in [0.717, 1.165) is 5.69 Å². The standard InChI is InChI=1S/C14H13FN2O2/c1-10-5-4-8-13(16-10)17-14(18)9-19-12-7-3-2-6-11(12)15/h2-8H,9H2,1H3,(H,16,17,18). The average Bonchev–Trinajstić information content (AvgIpc) is 2.38. The first-order valence-corrected chi connectivity index (χ1v) is 5.76. The van der Waals surface area contributed by atoms with Crippen LogP contribution in [0.2, 0.25) is 0 Å². The maximum atomic E-state index is 13.3. The molecular formula is C14H13FN2O2. The van der Waals surface area contributed by atoms with Crippen LogP contribution in [0.4, 0.5) is 10.2 Å². The molecule has 98 valence electrons. The van der Waals surface area contributed by atoms with Crippen LogP contribution in [0, 0.1) is 12.7 Å². The highest BCUT2D eigenvalue weighted by molar-refractivity contribution is 5.90. The van der Waals surface area contributed by atoms with Gasteiger partial charge < -0.3 is 10.1 Å². The molecular weight excluding hydrogens is 247 g/mol. The number of pyridine rings is 1. The minimum atomic E-state index is -0.496. The molecule has 0 atom stereocenters. The molecule has 0 spiro atoms. The van der Waals surface area contributed by atoms with Gasteiger partial charge in [-0.05, 0) is 31.2 Å². The Kier molecular flexibility index (Phi) is 4.07. The van der Waals surface area contributed by atoms with Crippen molar-refractivity contribution >= 4 is 11.7 Å². The van der Waals surface area contributed by atoms with Gasteiger partial charge in [0.05, 0.1) is 0 Å². The van der Waals surface area contributed by atoms with Crippen LogP contribution >= 0.6 is 0 Å². The molecule has 1 aromatic heterocycles. The van der Waals surface area contributed by atoms with Crippen LogP contribution in [-0.4, -0.2) is 17.5 Å². The molecule has 2 rings (SSSR count). The summed E-state index contributed by atoms with van der Waals surface area (Å²) in [6.07, 6.45) is 0. The van der Waals surface area contributed by atoms with Crippen molar-refractivity contribution in [3.63, 3.8) is 0 Å². The molecule has 2 aromatic rings. The average molecular weight is 260 g/mol. The zero-order valence-electron chi connectivity index (χ0n) is 10.4. The third kappa shape index (κ3) is 3.77. The normalized spacial score (nSPS) is 10.0. The van der Waals surface area contributed by atoms with Gasteiger partial charge in [-0.15, -0.1) is 0 Å². The van der Waals surface area contributed by atoms with E-state index in [2.05, 4.69) is 10.3 Å². The molecule has 0 bridgehead atoms.